The van der Waals surface area contributed by atoms with E-state index in [4.69, 9.17) is 9.47 Å². The first-order chi connectivity index (χ1) is 10.6. The zero-order valence-electron chi connectivity index (χ0n) is 13.1. The summed E-state index contributed by atoms with van der Waals surface area (Å²) in [7, 11) is 0. The number of hydrogen-bond acceptors (Lipinski definition) is 3. The van der Waals surface area contributed by atoms with Crippen LogP contribution >= 0.6 is 0 Å². The molecule has 22 heavy (non-hydrogen) atoms. The molecule has 1 aromatic rings. The lowest BCUT2D eigenvalue weighted by Crippen LogP contribution is -2.46. The minimum Gasteiger partial charge on any atom is -0.351 e. The van der Waals surface area contributed by atoms with Crippen LogP contribution in [0.25, 0.3) is 0 Å². The summed E-state index contributed by atoms with van der Waals surface area (Å²) in [6.45, 7) is 3.80. The highest BCUT2D eigenvalue weighted by Gasteiger charge is 2.36. The molecule has 1 heterocycles. The number of halogens is 2. The Labute approximate surface area is 131 Å². The first kappa shape index (κ1) is 17.3. The first-order valence-electron chi connectivity index (χ1n) is 7.86. The van der Waals surface area contributed by atoms with E-state index in [2.05, 4.69) is 5.32 Å². The topological polar surface area (TPSA) is 30.5 Å². The van der Waals surface area contributed by atoms with Gasteiger partial charge in [-0.15, -0.1) is 0 Å². The lowest BCUT2D eigenvalue weighted by atomic mass is 9.84. The zero-order chi connectivity index (χ0) is 15.8. The molecule has 0 bridgehead atoms. The third kappa shape index (κ3) is 5.30. The van der Waals surface area contributed by atoms with E-state index in [-0.39, 0.29) is 6.79 Å². The molecule has 1 aliphatic rings. The van der Waals surface area contributed by atoms with Crippen LogP contribution in [0.5, 0.6) is 0 Å². The summed E-state index contributed by atoms with van der Waals surface area (Å²) in [5.74, 6) is -0.660. The lowest BCUT2D eigenvalue weighted by molar-refractivity contribution is -0.169. The maximum Gasteiger partial charge on any atom is 0.241 e. The normalized spacial score (nSPS) is 19.3. The van der Waals surface area contributed by atoms with Gasteiger partial charge in [0.1, 0.15) is 6.79 Å². The first-order valence-corrected chi connectivity index (χ1v) is 7.86. The second-order valence-electron chi connectivity index (χ2n) is 6.05. The van der Waals surface area contributed by atoms with E-state index < -0.39 is 17.9 Å². The molecule has 1 unspecified atom stereocenters. The van der Waals surface area contributed by atoms with Gasteiger partial charge in [0.2, 0.25) is 6.43 Å². The molecule has 0 saturated carbocycles. The molecule has 1 atom stereocenters. The van der Waals surface area contributed by atoms with Gasteiger partial charge >= 0.3 is 0 Å². The molecule has 1 saturated heterocycles. The van der Waals surface area contributed by atoms with Crippen molar-refractivity contribution in [2.75, 3.05) is 19.9 Å². The molecule has 0 radical (unpaired) electrons. The molecule has 0 aromatic heterocycles. The van der Waals surface area contributed by atoms with Crippen molar-refractivity contribution in [3.63, 3.8) is 0 Å². The van der Waals surface area contributed by atoms with Gasteiger partial charge in [-0.1, -0.05) is 37.3 Å². The van der Waals surface area contributed by atoms with Crippen LogP contribution in [-0.4, -0.2) is 31.9 Å². The van der Waals surface area contributed by atoms with Crippen molar-refractivity contribution in [3.05, 3.63) is 35.9 Å². The monoisotopic (exact) mass is 313 g/mol. The predicted molar refractivity (Wildman–Crippen MR) is 81.8 cm³/mol. The Morgan fingerprint density at radius 2 is 1.86 bits per heavy atom. The smallest absolute Gasteiger partial charge is 0.241 e. The number of nitrogens with one attached hydrogen (secondary N) is 1. The van der Waals surface area contributed by atoms with Crippen LogP contribution < -0.4 is 5.32 Å². The van der Waals surface area contributed by atoms with Crippen LogP contribution in [0.1, 0.15) is 31.7 Å². The lowest BCUT2D eigenvalue weighted by Gasteiger charge is -2.39. The van der Waals surface area contributed by atoms with Gasteiger partial charge in [-0.2, -0.15) is 0 Å². The highest BCUT2D eigenvalue weighted by Crippen LogP contribution is 2.32. The second kappa shape index (κ2) is 8.56. The summed E-state index contributed by atoms with van der Waals surface area (Å²) in [6.07, 6.45) is -0.431. The van der Waals surface area contributed by atoms with Gasteiger partial charge in [-0.3, -0.25) is 0 Å². The maximum atomic E-state index is 12.9. The average Bonchev–Trinajstić information content (AvgIpc) is 2.53. The highest BCUT2D eigenvalue weighted by molar-refractivity contribution is 5.13. The zero-order valence-corrected chi connectivity index (χ0v) is 13.1. The molecule has 2 rings (SSSR count). The van der Waals surface area contributed by atoms with Crippen LogP contribution in [0, 0.1) is 5.92 Å². The summed E-state index contributed by atoms with van der Waals surface area (Å²) in [5, 5.41) is 3.25. The van der Waals surface area contributed by atoms with Crippen LogP contribution in [0.4, 0.5) is 8.78 Å². The fourth-order valence-corrected chi connectivity index (χ4v) is 2.87. The minimum absolute atomic E-state index is 0.144. The van der Waals surface area contributed by atoms with Crippen molar-refractivity contribution in [1.82, 2.24) is 5.32 Å². The predicted octanol–water partition coefficient (Wildman–Crippen LogP) is 3.59. The van der Waals surface area contributed by atoms with Crippen molar-refractivity contribution in [1.29, 1.82) is 0 Å². The number of rotatable bonds is 8. The van der Waals surface area contributed by atoms with Gasteiger partial charge in [0.25, 0.3) is 0 Å². The van der Waals surface area contributed by atoms with Crippen LogP contribution in [0.15, 0.2) is 30.3 Å². The van der Waals surface area contributed by atoms with Crippen molar-refractivity contribution in [2.45, 2.75) is 44.8 Å². The van der Waals surface area contributed by atoms with Crippen molar-refractivity contribution in [2.24, 2.45) is 5.92 Å². The SMILES string of the molecule is CC(CC1(OCOCc2ccccc2)CCNCC1)C(F)F. The molecule has 124 valence electrons. The van der Waals surface area contributed by atoms with E-state index in [9.17, 15) is 8.78 Å². The third-order valence-corrected chi connectivity index (χ3v) is 4.20. The van der Waals surface area contributed by atoms with Gasteiger partial charge < -0.3 is 14.8 Å². The molecular weight excluding hydrogens is 288 g/mol. The molecule has 3 nitrogen and oxygen atoms in total. The average molecular weight is 313 g/mol. The van der Waals surface area contributed by atoms with Crippen LogP contribution in [0.2, 0.25) is 0 Å². The Morgan fingerprint density at radius 1 is 1.18 bits per heavy atom. The molecule has 0 aliphatic carbocycles. The van der Waals surface area contributed by atoms with Crippen molar-refractivity contribution >= 4 is 0 Å². The van der Waals surface area contributed by atoms with Crippen LogP contribution in [0.3, 0.4) is 0 Å². The van der Waals surface area contributed by atoms with Crippen LogP contribution in [-0.2, 0) is 16.1 Å². The van der Waals surface area contributed by atoms with E-state index in [1.54, 1.807) is 6.92 Å². The Kier molecular flexibility index (Phi) is 6.73. The number of hydrogen-bond donors (Lipinski definition) is 1. The van der Waals surface area contributed by atoms with E-state index >= 15 is 0 Å². The summed E-state index contributed by atoms with van der Waals surface area (Å²) in [6, 6.07) is 9.84. The standard InChI is InChI=1S/C17H25F2NO2/c1-14(16(18)19)11-17(7-9-20-10-8-17)22-13-21-12-15-5-3-2-4-6-15/h2-6,14,16,20H,7-13H2,1H3. The fraction of sp³-hybridized carbons (Fsp3) is 0.647. The Hall–Kier alpha value is -1.04. The molecule has 0 amide bonds. The Balaban J connectivity index is 1.81. The van der Waals surface area contributed by atoms with Gasteiger partial charge in [0.15, 0.2) is 0 Å². The van der Waals surface area contributed by atoms with Gasteiger partial charge in [0.05, 0.1) is 12.2 Å². The Morgan fingerprint density at radius 3 is 2.50 bits per heavy atom. The highest BCUT2D eigenvalue weighted by atomic mass is 19.3. The van der Waals surface area contributed by atoms with Gasteiger partial charge in [-0.25, -0.2) is 8.78 Å². The summed E-state index contributed by atoms with van der Waals surface area (Å²) in [4.78, 5) is 0. The van der Waals surface area contributed by atoms with Crippen molar-refractivity contribution < 1.29 is 18.3 Å². The molecular formula is C17H25F2NO2. The Bertz CT molecular complexity index is 422. The van der Waals surface area contributed by atoms with E-state index in [0.29, 0.717) is 13.0 Å². The number of alkyl halides is 2. The minimum atomic E-state index is -2.31. The van der Waals surface area contributed by atoms with E-state index in [1.807, 2.05) is 30.3 Å². The quantitative estimate of drug-likeness (QED) is 0.588. The molecule has 1 N–H and O–H groups in total. The summed E-state index contributed by atoms with van der Waals surface area (Å²) in [5.41, 5.74) is 0.587. The van der Waals surface area contributed by atoms with E-state index in [0.717, 1.165) is 31.5 Å². The maximum absolute atomic E-state index is 12.9. The largest absolute Gasteiger partial charge is 0.351 e. The summed E-state index contributed by atoms with van der Waals surface area (Å²) < 4.78 is 37.2. The molecule has 1 aromatic carbocycles. The second-order valence-corrected chi connectivity index (χ2v) is 6.05. The molecule has 1 fully saturated rings. The van der Waals surface area contributed by atoms with Gasteiger partial charge in [-0.05, 0) is 37.9 Å². The summed E-state index contributed by atoms with van der Waals surface area (Å²) >= 11 is 0. The van der Waals surface area contributed by atoms with Gasteiger partial charge in [0, 0.05) is 5.92 Å². The number of piperidine rings is 1. The molecule has 1 aliphatic heterocycles. The fourth-order valence-electron chi connectivity index (χ4n) is 2.87. The van der Waals surface area contributed by atoms with Crippen molar-refractivity contribution in [3.8, 4) is 0 Å². The number of benzene rings is 1. The van der Waals surface area contributed by atoms with E-state index in [1.165, 1.54) is 0 Å². The third-order valence-electron chi connectivity index (χ3n) is 4.20. The molecule has 0 spiro atoms. The molecule has 5 heteroatoms. The number of ether oxygens (including phenoxy) is 2.